The first-order valence-corrected chi connectivity index (χ1v) is 13.4. The molecule has 0 saturated heterocycles. The number of benzene rings is 1. The molecule has 5 aromatic rings. The molecule has 214 valence electrons. The molecule has 0 radical (unpaired) electrons. The van der Waals surface area contributed by atoms with Crippen molar-refractivity contribution in [2.45, 2.75) is 56.4 Å². The quantitative estimate of drug-likeness (QED) is 0.266. The fourth-order valence-electron chi connectivity index (χ4n) is 6.23. The van der Waals surface area contributed by atoms with E-state index in [1.807, 2.05) is 13.0 Å². The van der Waals surface area contributed by atoms with E-state index in [0.29, 0.717) is 45.8 Å². The lowest BCUT2D eigenvalue weighted by Gasteiger charge is -2.69. The molecule has 1 amide bonds. The topological polar surface area (TPSA) is 116 Å². The number of anilines is 1. The van der Waals surface area contributed by atoms with E-state index in [0.717, 1.165) is 5.56 Å². The first-order valence-electron chi connectivity index (χ1n) is 13.4. The van der Waals surface area contributed by atoms with Gasteiger partial charge in [-0.2, -0.15) is 23.3 Å². The van der Waals surface area contributed by atoms with Crippen LogP contribution in [0.1, 0.15) is 53.4 Å². The van der Waals surface area contributed by atoms with Crippen LogP contribution in [0.5, 0.6) is 0 Å². The lowest BCUT2D eigenvalue weighted by atomic mass is 9.39. The van der Waals surface area contributed by atoms with Crippen LogP contribution in [0.15, 0.2) is 53.4 Å². The van der Waals surface area contributed by atoms with Crippen LogP contribution in [0, 0.1) is 12.3 Å². The zero-order valence-electron chi connectivity index (χ0n) is 22.1. The number of amides is 1. The number of fused-ring (bicyclic) bond motifs is 1. The number of aromatic nitrogens is 7. The fourth-order valence-corrected chi connectivity index (χ4v) is 6.23. The zero-order chi connectivity index (χ0) is 29.0. The Morgan fingerprint density at radius 1 is 1.14 bits per heavy atom. The molecule has 1 N–H and O–H groups in total. The number of hydrogen-bond acceptors (Lipinski definition) is 7. The van der Waals surface area contributed by atoms with Gasteiger partial charge in [-0.25, -0.2) is 13.6 Å². The van der Waals surface area contributed by atoms with Gasteiger partial charge in [0.2, 0.25) is 11.7 Å². The highest BCUT2D eigenvalue weighted by molar-refractivity contribution is 6.09. The third-order valence-electron chi connectivity index (χ3n) is 8.86. The third-order valence-corrected chi connectivity index (χ3v) is 8.86. The largest absolute Gasteiger partial charge is 0.394 e. The number of carbonyl (C=O) groups excluding carboxylic acids is 1. The van der Waals surface area contributed by atoms with E-state index >= 15 is 0 Å². The molecular formula is C28H22F4N8O2. The molecule has 0 spiro atoms. The molecule has 42 heavy (non-hydrogen) atoms. The monoisotopic (exact) mass is 578 g/mol. The average Bonchev–Trinajstić information content (AvgIpc) is 3.33. The zero-order valence-corrected chi connectivity index (χ0v) is 22.1. The lowest BCUT2D eigenvalue weighted by Crippen LogP contribution is -2.73. The molecule has 4 fully saturated rings. The summed E-state index contributed by atoms with van der Waals surface area (Å²) >= 11 is 0. The summed E-state index contributed by atoms with van der Waals surface area (Å²) in [5, 5.41) is 19.5. The minimum Gasteiger partial charge on any atom is -0.339 e. The van der Waals surface area contributed by atoms with E-state index in [-0.39, 0.29) is 31.1 Å². The molecule has 9 rings (SSSR count). The molecule has 14 heteroatoms. The standard InChI is InChI=1S/C28H22F4N8O2/c1-14-2-3-16(23-35-25(42-37-23)17-8-19(17)29)6-20(14)34-24(41)18-9-33-39-5-4-15(7-22(18)39)21-10-40(38-36-21)27-11-26(12-27,13-27)28(30,31)32/h2-7,9-10,17,19H,8,11-13H2,1H3,(H,34,41)/t17-,19-,26?,27?/m0/s1. The highest BCUT2D eigenvalue weighted by Gasteiger charge is 2.79. The van der Waals surface area contributed by atoms with Gasteiger partial charge in [-0.1, -0.05) is 22.5 Å². The predicted octanol–water partition coefficient (Wildman–Crippen LogP) is 5.47. The number of aryl methyl sites for hydroxylation is 1. The smallest absolute Gasteiger partial charge is 0.339 e. The van der Waals surface area contributed by atoms with E-state index in [2.05, 4.69) is 30.9 Å². The molecule has 2 bridgehead atoms. The number of hydrogen-bond donors (Lipinski definition) is 1. The van der Waals surface area contributed by atoms with Crippen LogP contribution in [0.4, 0.5) is 23.2 Å². The molecule has 1 aromatic carbocycles. The normalized spacial score (nSPS) is 26.1. The van der Waals surface area contributed by atoms with Gasteiger partial charge in [-0.3, -0.25) is 4.79 Å². The summed E-state index contributed by atoms with van der Waals surface area (Å²) in [6, 6.07) is 8.84. The van der Waals surface area contributed by atoms with Gasteiger partial charge in [-0.15, -0.1) is 5.10 Å². The van der Waals surface area contributed by atoms with E-state index in [9.17, 15) is 22.4 Å². The minimum atomic E-state index is -4.20. The van der Waals surface area contributed by atoms with Crippen LogP contribution in [0.3, 0.4) is 0 Å². The number of nitrogens with one attached hydrogen (secondary N) is 1. The van der Waals surface area contributed by atoms with Crippen LogP contribution >= 0.6 is 0 Å². The van der Waals surface area contributed by atoms with Crippen LogP contribution in [0.25, 0.3) is 28.2 Å². The number of pyridine rings is 1. The van der Waals surface area contributed by atoms with Crippen LogP contribution < -0.4 is 5.32 Å². The fraction of sp³-hybridized carbons (Fsp3) is 0.357. The maximum atomic E-state index is 13.4. The van der Waals surface area contributed by atoms with E-state index in [1.165, 1.54) is 6.20 Å². The van der Waals surface area contributed by atoms with Gasteiger partial charge in [0.1, 0.15) is 11.9 Å². The molecular weight excluding hydrogens is 556 g/mol. The van der Waals surface area contributed by atoms with Crippen molar-refractivity contribution in [1.82, 2.24) is 34.7 Å². The number of rotatable bonds is 6. The predicted molar refractivity (Wildman–Crippen MR) is 139 cm³/mol. The Kier molecular flexibility index (Phi) is 4.92. The molecule has 4 saturated carbocycles. The summed E-state index contributed by atoms with van der Waals surface area (Å²) in [6.07, 6.45) is 0.0791. The van der Waals surface area contributed by atoms with Gasteiger partial charge in [0.05, 0.1) is 40.3 Å². The van der Waals surface area contributed by atoms with Gasteiger partial charge in [-0.05, 0) is 56.4 Å². The Morgan fingerprint density at radius 3 is 2.67 bits per heavy atom. The Bertz CT molecular complexity index is 1890. The minimum absolute atomic E-state index is 0.0192. The second-order valence-electron chi connectivity index (χ2n) is 11.7. The highest BCUT2D eigenvalue weighted by atomic mass is 19.4. The molecule has 4 heterocycles. The van der Waals surface area contributed by atoms with Crippen LogP contribution in [-0.4, -0.2) is 53.0 Å². The van der Waals surface area contributed by atoms with Crippen molar-refractivity contribution < 1.29 is 26.9 Å². The molecule has 4 aliphatic rings. The number of halogens is 4. The van der Waals surface area contributed by atoms with Crippen molar-refractivity contribution in [3.63, 3.8) is 0 Å². The third kappa shape index (κ3) is 3.63. The van der Waals surface area contributed by atoms with Gasteiger partial charge < -0.3 is 9.84 Å². The molecule has 0 aliphatic heterocycles. The maximum absolute atomic E-state index is 13.4. The SMILES string of the molecule is Cc1ccc(-c2noc([C@H]3C[C@@H]3F)n2)cc1NC(=O)c1cnn2ccc(-c3cn(C45CC(C(F)(F)F)(C4)C5)nn3)cc12. The van der Waals surface area contributed by atoms with Crippen molar-refractivity contribution in [3.8, 4) is 22.6 Å². The van der Waals surface area contributed by atoms with E-state index in [4.69, 9.17) is 4.52 Å². The van der Waals surface area contributed by atoms with Gasteiger partial charge in [0.25, 0.3) is 5.91 Å². The summed E-state index contributed by atoms with van der Waals surface area (Å²) in [4.78, 5) is 17.7. The lowest BCUT2D eigenvalue weighted by molar-refractivity contribution is -0.356. The van der Waals surface area contributed by atoms with Crippen molar-refractivity contribution >= 4 is 17.1 Å². The Balaban J connectivity index is 1.03. The number of alkyl halides is 4. The van der Waals surface area contributed by atoms with E-state index in [1.54, 1.807) is 45.9 Å². The molecule has 10 nitrogen and oxygen atoms in total. The maximum Gasteiger partial charge on any atom is 0.394 e. The van der Waals surface area contributed by atoms with Crippen molar-refractivity contribution in [2.24, 2.45) is 5.41 Å². The second kappa shape index (κ2) is 8.23. The second-order valence-corrected chi connectivity index (χ2v) is 11.7. The molecule has 4 aromatic heterocycles. The highest BCUT2D eigenvalue weighted by Crippen LogP contribution is 2.76. The summed E-state index contributed by atoms with van der Waals surface area (Å²) in [6.45, 7) is 1.85. The Morgan fingerprint density at radius 2 is 1.93 bits per heavy atom. The van der Waals surface area contributed by atoms with Crippen LogP contribution in [0.2, 0.25) is 0 Å². The average molecular weight is 579 g/mol. The van der Waals surface area contributed by atoms with Gasteiger partial charge in [0.15, 0.2) is 0 Å². The molecule has 4 aliphatic carbocycles. The van der Waals surface area contributed by atoms with Crippen molar-refractivity contribution in [2.75, 3.05) is 5.32 Å². The van der Waals surface area contributed by atoms with Gasteiger partial charge in [0, 0.05) is 23.0 Å². The van der Waals surface area contributed by atoms with Crippen molar-refractivity contribution in [1.29, 1.82) is 0 Å². The molecule has 0 unspecified atom stereocenters. The van der Waals surface area contributed by atoms with Crippen LogP contribution in [-0.2, 0) is 5.54 Å². The Hall–Kier alpha value is -4.62. The first kappa shape index (κ1) is 25.1. The Labute approximate surface area is 234 Å². The van der Waals surface area contributed by atoms with Crippen molar-refractivity contribution in [3.05, 3.63) is 65.9 Å². The summed E-state index contributed by atoms with van der Waals surface area (Å²) in [5.74, 6) is -0.184. The summed E-state index contributed by atoms with van der Waals surface area (Å²) in [5.41, 5.74) is 1.70. The molecule has 2 atom stereocenters. The first-order chi connectivity index (χ1) is 20.0. The van der Waals surface area contributed by atoms with E-state index < -0.39 is 29.2 Å². The summed E-state index contributed by atoms with van der Waals surface area (Å²) < 4.78 is 61.6. The number of carbonyl (C=O) groups is 1. The summed E-state index contributed by atoms with van der Waals surface area (Å²) in [7, 11) is 0. The number of nitrogens with zero attached hydrogens (tertiary/aromatic N) is 7. The van der Waals surface area contributed by atoms with Gasteiger partial charge >= 0.3 is 6.18 Å².